The summed E-state index contributed by atoms with van der Waals surface area (Å²) in [5, 5.41) is 10.4. The molecule has 2 aliphatic rings. The number of amides is 2. The van der Waals surface area contributed by atoms with Crippen molar-refractivity contribution in [2.24, 2.45) is 5.41 Å². The molecular weight excluding hydrogens is 406 g/mol. The minimum Gasteiger partial charge on any atom is -0.370 e. The van der Waals surface area contributed by atoms with E-state index in [1.54, 1.807) is 37.3 Å². The Balaban J connectivity index is 1.45. The van der Waals surface area contributed by atoms with Gasteiger partial charge in [-0.05, 0) is 50.1 Å². The van der Waals surface area contributed by atoms with Crippen LogP contribution in [0.3, 0.4) is 0 Å². The lowest BCUT2D eigenvalue weighted by Gasteiger charge is -2.39. The zero-order valence-electron chi connectivity index (χ0n) is 16.2. The molecule has 0 N–H and O–H groups in total. The number of piperidine rings is 1. The van der Waals surface area contributed by atoms with Crippen LogP contribution in [0.5, 0.6) is 0 Å². The molecule has 0 bridgehead atoms. The lowest BCUT2D eigenvalue weighted by Crippen LogP contribution is -2.46. The largest absolute Gasteiger partial charge is 0.370 e. The highest BCUT2D eigenvalue weighted by molar-refractivity contribution is 6.30. The second-order valence-electron chi connectivity index (χ2n) is 7.65. The molecule has 0 saturated carbocycles. The molecule has 8 heteroatoms. The van der Waals surface area contributed by atoms with Crippen molar-refractivity contribution in [3.05, 3.63) is 64.2 Å². The third kappa shape index (κ3) is 3.29. The number of hydrogen-bond acceptors (Lipinski definition) is 6. The molecule has 2 aromatic rings. The number of anilines is 1. The average Bonchev–Trinajstić information content (AvgIpc) is 2.99. The lowest BCUT2D eigenvalue weighted by molar-refractivity contribution is -0.181. The number of imide groups is 1. The molecule has 1 saturated heterocycles. The van der Waals surface area contributed by atoms with Crippen LogP contribution in [0, 0.1) is 16.7 Å². The van der Waals surface area contributed by atoms with Crippen molar-refractivity contribution in [1.29, 1.82) is 5.26 Å². The highest BCUT2D eigenvalue weighted by Crippen LogP contribution is 2.36. The highest BCUT2D eigenvalue weighted by Gasteiger charge is 2.44. The molecule has 0 atom stereocenters. The molecule has 0 spiro atoms. The van der Waals surface area contributed by atoms with Crippen molar-refractivity contribution in [1.82, 2.24) is 5.06 Å². The minimum atomic E-state index is -0.856. The summed E-state index contributed by atoms with van der Waals surface area (Å²) in [7, 11) is 0. The molecule has 1 fully saturated rings. The second kappa shape index (κ2) is 7.47. The topological polar surface area (TPSA) is 90.7 Å². The Bertz CT molecular complexity index is 1060. The van der Waals surface area contributed by atoms with Gasteiger partial charge in [0.2, 0.25) is 0 Å². The summed E-state index contributed by atoms with van der Waals surface area (Å²) in [5.41, 5.74) is 0.826. The molecule has 0 radical (unpaired) electrons. The molecule has 30 heavy (non-hydrogen) atoms. The number of rotatable bonds is 3. The van der Waals surface area contributed by atoms with Crippen molar-refractivity contribution in [2.45, 2.75) is 19.8 Å². The number of fused-ring (bicyclic) bond motifs is 1. The summed E-state index contributed by atoms with van der Waals surface area (Å²) in [5.74, 6) is -1.89. The van der Waals surface area contributed by atoms with Crippen molar-refractivity contribution in [2.75, 3.05) is 18.0 Å². The molecule has 4 rings (SSSR count). The third-order valence-corrected chi connectivity index (χ3v) is 5.95. The Morgan fingerprint density at radius 2 is 1.70 bits per heavy atom. The summed E-state index contributed by atoms with van der Waals surface area (Å²) < 4.78 is 0. The number of hydrogen-bond donors (Lipinski definition) is 0. The number of halogens is 1. The van der Waals surface area contributed by atoms with Crippen molar-refractivity contribution < 1.29 is 19.2 Å². The average molecular weight is 424 g/mol. The summed E-state index contributed by atoms with van der Waals surface area (Å²) in [6.45, 7) is 2.80. The maximum Gasteiger partial charge on any atom is 0.339 e. The van der Waals surface area contributed by atoms with Gasteiger partial charge in [-0.1, -0.05) is 28.8 Å². The SMILES string of the molecule is CC1(C(=O)ON2C(=O)c3ccccc3C2=O)CCN(c2ccc(Cl)cc2C#N)CC1. The first-order valence-corrected chi connectivity index (χ1v) is 9.87. The molecule has 2 heterocycles. The summed E-state index contributed by atoms with van der Waals surface area (Å²) >= 11 is 5.97. The first-order valence-electron chi connectivity index (χ1n) is 9.49. The fourth-order valence-electron chi connectivity index (χ4n) is 3.76. The van der Waals surface area contributed by atoms with Crippen LogP contribution < -0.4 is 4.90 Å². The molecule has 2 amide bonds. The van der Waals surface area contributed by atoms with E-state index in [4.69, 9.17) is 16.4 Å². The van der Waals surface area contributed by atoms with Gasteiger partial charge in [0.05, 0.1) is 27.8 Å². The number of carbonyl (C=O) groups excluding carboxylic acids is 3. The third-order valence-electron chi connectivity index (χ3n) is 5.71. The van der Waals surface area contributed by atoms with Crippen LogP contribution in [-0.2, 0) is 9.63 Å². The fourth-order valence-corrected chi connectivity index (χ4v) is 3.93. The van der Waals surface area contributed by atoms with E-state index in [9.17, 15) is 19.6 Å². The van der Waals surface area contributed by atoms with Gasteiger partial charge in [-0.2, -0.15) is 5.26 Å². The molecule has 0 unspecified atom stereocenters. The van der Waals surface area contributed by atoms with E-state index in [1.807, 2.05) is 4.90 Å². The zero-order valence-corrected chi connectivity index (χ0v) is 17.0. The number of hydroxylamine groups is 2. The number of nitriles is 1. The summed E-state index contributed by atoms with van der Waals surface area (Å²) in [6.07, 6.45) is 0.894. The van der Waals surface area contributed by atoms with E-state index in [1.165, 1.54) is 12.1 Å². The van der Waals surface area contributed by atoms with Gasteiger partial charge in [-0.25, -0.2) is 4.79 Å². The monoisotopic (exact) mass is 423 g/mol. The van der Waals surface area contributed by atoms with Gasteiger partial charge in [-0.15, -0.1) is 0 Å². The first kappa shape index (κ1) is 19.9. The lowest BCUT2D eigenvalue weighted by atomic mass is 9.80. The van der Waals surface area contributed by atoms with E-state index in [0.717, 1.165) is 5.69 Å². The van der Waals surface area contributed by atoms with Crippen LogP contribution in [0.15, 0.2) is 42.5 Å². The van der Waals surface area contributed by atoms with Crippen LogP contribution in [-0.4, -0.2) is 35.9 Å². The van der Waals surface area contributed by atoms with Gasteiger partial charge in [0.25, 0.3) is 11.8 Å². The summed E-state index contributed by atoms with van der Waals surface area (Å²) in [6, 6.07) is 13.6. The smallest absolute Gasteiger partial charge is 0.339 e. The molecule has 7 nitrogen and oxygen atoms in total. The van der Waals surface area contributed by atoms with Gasteiger partial charge < -0.3 is 9.74 Å². The van der Waals surface area contributed by atoms with Crippen LogP contribution in [0.25, 0.3) is 0 Å². The molecular formula is C22H18ClN3O4. The summed E-state index contributed by atoms with van der Waals surface area (Å²) in [4.78, 5) is 45.0. The van der Waals surface area contributed by atoms with Crippen LogP contribution in [0.4, 0.5) is 5.69 Å². The van der Waals surface area contributed by atoms with Gasteiger partial charge >= 0.3 is 5.97 Å². The van der Waals surface area contributed by atoms with Gasteiger partial charge in [0.1, 0.15) is 6.07 Å². The quantitative estimate of drug-likeness (QED) is 0.701. The van der Waals surface area contributed by atoms with E-state index in [-0.39, 0.29) is 11.1 Å². The van der Waals surface area contributed by atoms with Crippen molar-refractivity contribution in [3.8, 4) is 6.07 Å². The molecule has 2 aliphatic heterocycles. The molecule has 0 aliphatic carbocycles. The van der Waals surface area contributed by atoms with Crippen molar-refractivity contribution >= 4 is 35.1 Å². The predicted octanol–water partition coefficient (Wildman–Crippen LogP) is 3.57. The van der Waals surface area contributed by atoms with Crippen molar-refractivity contribution in [3.63, 3.8) is 0 Å². The number of carbonyl (C=O) groups is 3. The van der Waals surface area contributed by atoms with Gasteiger partial charge in [-0.3, -0.25) is 9.59 Å². The normalized spacial score (nSPS) is 17.5. The fraction of sp³-hybridized carbons (Fsp3) is 0.273. The molecule has 2 aromatic carbocycles. The van der Waals surface area contributed by atoms with Gasteiger partial charge in [0, 0.05) is 18.1 Å². The Hall–Kier alpha value is -3.37. The standard InChI is InChI=1S/C22H18ClN3O4/c1-22(8-10-25(11-9-22)18-7-6-15(23)12-14(18)13-24)21(29)30-26-19(27)16-4-2-3-5-17(16)20(26)28/h2-7,12H,8-11H2,1H3. The highest BCUT2D eigenvalue weighted by atomic mass is 35.5. The van der Waals surface area contributed by atoms with E-state index < -0.39 is 23.2 Å². The van der Waals surface area contributed by atoms with E-state index in [0.29, 0.717) is 41.6 Å². The number of benzene rings is 2. The van der Waals surface area contributed by atoms with E-state index in [2.05, 4.69) is 6.07 Å². The predicted molar refractivity (Wildman–Crippen MR) is 109 cm³/mol. The number of nitrogens with zero attached hydrogens (tertiary/aromatic N) is 3. The Labute approximate surface area is 178 Å². The maximum atomic E-state index is 12.9. The zero-order chi connectivity index (χ0) is 21.5. The van der Waals surface area contributed by atoms with Crippen LogP contribution >= 0.6 is 11.6 Å². The second-order valence-corrected chi connectivity index (χ2v) is 8.09. The van der Waals surface area contributed by atoms with Gasteiger partial charge in [0.15, 0.2) is 0 Å². The minimum absolute atomic E-state index is 0.224. The van der Waals surface area contributed by atoms with Crippen LogP contribution in [0.1, 0.15) is 46.0 Å². The maximum absolute atomic E-state index is 12.9. The Morgan fingerprint density at radius 1 is 1.10 bits per heavy atom. The molecule has 0 aromatic heterocycles. The van der Waals surface area contributed by atoms with Crippen LogP contribution in [0.2, 0.25) is 5.02 Å². The Morgan fingerprint density at radius 3 is 2.27 bits per heavy atom. The van der Waals surface area contributed by atoms with E-state index >= 15 is 0 Å². The Kier molecular flexibility index (Phi) is 4.96. The first-order chi connectivity index (χ1) is 14.3. The molecule has 152 valence electrons.